The number of rotatable bonds is 5. The lowest BCUT2D eigenvalue weighted by atomic mass is 10.1. The molecule has 1 heterocycles. The second-order valence-corrected chi connectivity index (χ2v) is 4.07. The highest BCUT2D eigenvalue weighted by atomic mass is 16.5. The van der Waals surface area contributed by atoms with E-state index >= 15 is 0 Å². The molecule has 2 nitrogen and oxygen atoms in total. The normalized spacial score (nSPS) is 20.7. The van der Waals surface area contributed by atoms with Gasteiger partial charge in [-0.3, -0.25) is 0 Å². The molecule has 1 saturated heterocycles. The van der Waals surface area contributed by atoms with E-state index in [9.17, 15) is 0 Å². The fourth-order valence-electron chi connectivity index (χ4n) is 1.94. The second kappa shape index (κ2) is 5.89. The van der Waals surface area contributed by atoms with E-state index in [2.05, 4.69) is 35.6 Å². The SMILES string of the molecule is c1ccc(CCCOC2CCNC2)cc1. The Hall–Kier alpha value is -0.860. The van der Waals surface area contributed by atoms with E-state index in [4.69, 9.17) is 4.74 Å². The number of ether oxygens (including phenoxy) is 1. The van der Waals surface area contributed by atoms with E-state index in [1.165, 1.54) is 12.0 Å². The van der Waals surface area contributed by atoms with Gasteiger partial charge in [-0.25, -0.2) is 0 Å². The first-order chi connectivity index (χ1) is 7.45. The first kappa shape index (κ1) is 10.7. The Balaban J connectivity index is 1.59. The lowest BCUT2D eigenvalue weighted by Crippen LogP contribution is -2.17. The number of nitrogens with one attached hydrogen (secondary N) is 1. The Morgan fingerprint density at radius 3 is 2.87 bits per heavy atom. The quantitative estimate of drug-likeness (QED) is 0.742. The first-order valence-corrected chi connectivity index (χ1v) is 5.81. The van der Waals surface area contributed by atoms with Gasteiger partial charge in [0.15, 0.2) is 0 Å². The highest BCUT2D eigenvalue weighted by Gasteiger charge is 2.13. The van der Waals surface area contributed by atoms with Crippen LogP contribution in [0.2, 0.25) is 0 Å². The zero-order valence-electron chi connectivity index (χ0n) is 9.11. The maximum atomic E-state index is 5.76. The molecular weight excluding hydrogens is 186 g/mol. The molecule has 0 bridgehead atoms. The third-order valence-corrected chi connectivity index (χ3v) is 2.82. The summed E-state index contributed by atoms with van der Waals surface area (Å²) in [5.74, 6) is 0. The van der Waals surface area contributed by atoms with E-state index in [0.717, 1.165) is 32.5 Å². The van der Waals surface area contributed by atoms with Gasteiger partial charge in [0.05, 0.1) is 6.10 Å². The van der Waals surface area contributed by atoms with Crippen LogP contribution in [0.15, 0.2) is 30.3 Å². The summed E-state index contributed by atoms with van der Waals surface area (Å²) in [4.78, 5) is 0. The molecule has 2 rings (SSSR count). The summed E-state index contributed by atoms with van der Waals surface area (Å²) in [5.41, 5.74) is 1.41. The molecule has 0 spiro atoms. The predicted octanol–water partition coefficient (Wildman–Crippen LogP) is 2.00. The van der Waals surface area contributed by atoms with Crippen molar-refractivity contribution in [3.8, 4) is 0 Å². The molecule has 2 heteroatoms. The van der Waals surface area contributed by atoms with E-state index in [-0.39, 0.29) is 0 Å². The minimum Gasteiger partial charge on any atom is -0.377 e. The number of hydrogen-bond acceptors (Lipinski definition) is 2. The van der Waals surface area contributed by atoms with Crippen molar-refractivity contribution >= 4 is 0 Å². The molecule has 1 aliphatic rings. The van der Waals surface area contributed by atoms with Gasteiger partial charge in [0.1, 0.15) is 0 Å². The summed E-state index contributed by atoms with van der Waals surface area (Å²) in [5, 5.41) is 3.31. The van der Waals surface area contributed by atoms with Crippen molar-refractivity contribution in [1.82, 2.24) is 5.32 Å². The smallest absolute Gasteiger partial charge is 0.0711 e. The minimum absolute atomic E-state index is 0.459. The standard InChI is InChI=1S/C13H19NO/c1-2-5-12(6-3-1)7-4-10-15-13-8-9-14-11-13/h1-3,5-6,13-14H,4,7-11H2. The molecule has 1 atom stereocenters. The highest BCUT2D eigenvalue weighted by Crippen LogP contribution is 2.06. The molecule has 0 amide bonds. The maximum Gasteiger partial charge on any atom is 0.0711 e. The van der Waals surface area contributed by atoms with Gasteiger partial charge in [0.2, 0.25) is 0 Å². The summed E-state index contributed by atoms with van der Waals surface area (Å²) in [6.45, 7) is 3.04. The summed E-state index contributed by atoms with van der Waals surface area (Å²) >= 11 is 0. The van der Waals surface area contributed by atoms with Crippen molar-refractivity contribution in [2.75, 3.05) is 19.7 Å². The Labute approximate surface area is 91.6 Å². The monoisotopic (exact) mass is 205 g/mol. The van der Waals surface area contributed by atoms with Crippen LogP contribution in [0, 0.1) is 0 Å². The maximum absolute atomic E-state index is 5.76. The van der Waals surface area contributed by atoms with Crippen LogP contribution < -0.4 is 5.32 Å². The van der Waals surface area contributed by atoms with Crippen LogP contribution in [0.4, 0.5) is 0 Å². The van der Waals surface area contributed by atoms with Gasteiger partial charge in [-0.05, 0) is 31.4 Å². The average Bonchev–Trinajstić information content (AvgIpc) is 2.79. The Morgan fingerprint density at radius 1 is 1.27 bits per heavy atom. The molecule has 1 aromatic carbocycles. The Bertz CT molecular complexity index is 267. The lowest BCUT2D eigenvalue weighted by Gasteiger charge is -2.09. The topological polar surface area (TPSA) is 21.3 Å². The van der Waals surface area contributed by atoms with Crippen molar-refractivity contribution in [2.24, 2.45) is 0 Å². The van der Waals surface area contributed by atoms with E-state index in [1.54, 1.807) is 0 Å². The van der Waals surface area contributed by atoms with Crippen LogP contribution in [-0.4, -0.2) is 25.8 Å². The molecule has 15 heavy (non-hydrogen) atoms. The second-order valence-electron chi connectivity index (χ2n) is 4.07. The third-order valence-electron chi connectivity index (χ3n) is 2.82. The lowest BCUT2D eigenvalue weighted by molar-refractivity contribution is 0.0655. The molecule has 0 aliphatic carbocycles. The molecule has 82 valence electrons. The third kappa shape index (κ3) is 3.65. The number of benzene rings is 1. The van der Waals surface area contributed by atoms with Crippen LogP contribution >= 0.6 is 0 Å². The van der Waals surface area contributed by atoms with Crippen molar-refractivity contribution in [1.29, 1.82) is 0 Å². The molecule has 1 fully saturated rings. The van der Waals surface area contributed by atoms with Gasteiger partial charge in [-0.2, -0.15) is 0 Å². The van der Waals surface area contributed by atoms with Gasteiger partial charge in [0, 0.05) is 13.2 Å². The van der Waals surface area contributed by atoms with Gasteiger partial charge in [-0.1, -0.05) is 30.3 Å². The highest BCUT2D eigenvalue weighted by molar-refractivity contribution is 5.14. The molecule has 1 aromatic rings. The molecule has 0 saturated carbocycles. The Morgan fingerprint density at radius 2 is 2.13 bits per heavy atom. The minimum atomic E-state index is 0.459. The molecule has 0 radical (unpaired) electrons. The zero-order chi connectivity index (χ0) is 10.3. The number of hydrogen-bond donors (Lipinski definition) is 1. The van der Waals surface area contributed by atoms with Gasteiger partial charge in [0.25, 0.3) is 0 Å². The fourth-order valence-corrected chi connectivity index (χ4v) is 1.94. The summed E-state index contributed by atoms with van der Waals surface area (Å²) in [6.07, 6.45) is 3.88. The molecule has 1 N–H and O–H groups in total. The van der Waals surface area contributed by atoms with Gasteiger partial charge in [-0.15, -0.1) is 0 Å². The largest absolute Gasteiger partial charge is 0.377 e. The zero-order valence-corrected chi connectivity index (χ0v) is 9.11. The predicted molar refractivity (Wildman–Crippen MR) is 62.0 cm³/mol. The summed E-state index contributed by atoms with van der Waals surface area (Å²) in [6, 6.07) is 10.6. The summed E-state index contributed by atoms with van der Waals surface area (Å²) < 4.78 is 5.76. The number of aryl methyl sites for hydroxylation is 1. The van der Waals surface area contributed by atoms with E-state index < -0.39 is 0 Å². The van der Waals surface area contributed by atoms with Crippen LogP contribution in [0.5, 0.6) is 0 Å². The van der Waals surface area contributed by atoms with Crippen LogP contribution in [0.25, 0.3) is 0 Å². The van der Waals surface area contributed by atoms with Crippen LogP contribution in [0.3, 0.4) is 0 Å². The first-order valence-electron chi connectivity index (χ1n) is 5.81. The van der Waals surface area contributed by atoms with Crippen molar-refractivity contribution in [3.05, 3.63) is 35.9 Å². The van der Waals surface area contributed by atoms with E-state index in [0.29, 0.717) is 6.10 Å². The van der Waals surface area contributed by atoms with E-state index in [1.807, 2.05) is 0 Å². The molecule has 1 unspecified atom stereocenters. The fraction of sp³-hybridized carbons (Fsp3) is 0.538. The molecule has 0 aromatic heterocycles. The Kier molecular flexibility index (Phi) is 4.18. The molecular formula is C13H19NO. The van der Waals surface area contributed by atoms with Crippen molar-refractivity contribution in [2.45, 2.75) is 25.4 Å². The van der Waals surface area contributed by atoms with Crippen molar-refractivity contribution in [3.63, 3.8) is 0 Å². The van der Waals surface area contributed by atoms with Gasteiger partial charge < -0.3 is 10.1 Å². The molecule has 1 aliphatic heterocycles. The van der Waals surface area contributed by atoms with Crippen LogP contribution in [0.1, 0.15) is 18.4 Å². The van der Waals surface area contributed by atoms with Crippen LogP contribution in [-0.2, 0) is 11.2 Å². The van der Waals surface area contributed by atoms with Gasteiger partial charge >= 0.3 is 0 Å². The summed E-state index contributed by atoms with van der Waals surface area (Å²) in [7, 11) is 0. The van der Waals surface area contributed by atoms with Crippen molar-refractivity contribution < 1.29 is 4.74 Å². The average molecular weight is 205 g/mol.